The molecule has 0 aliphatic carbocycles. The topological polar surface area (TPSA) is 105 Å². The Morgan fingerprint density at radius 1 is 1.21 bits per heavy atom. The van der Waals surface area contributed by atoms with Gasteiger partial charge in [-0.25, -0.2) is 0 Å². The summed E-state index contributed by atoms with van der Waals surface area (Å²) < 4.78 is 5.67. The number of hydrogen-bond donors (Lipinski definition) is 2. The molecule has 0 unspecified atom stereocenters. The third-order valence-corrected chi connectivity index (χ3v) is 4.07. The van der Waals surface area contributed by atoms with Gasteiger partial charge in [0.2, 0.25) is 5.88 Å². The number of rotatable bonds is 1. The van der Waals surface area contributed by atoms with Crippen LogP contribution in [0.1, 0.15) is 17.2 Å². The summed E-state index contributed by atoms with van der Waals surface area (Å²) in [5, 5.41) is 10.2. The molecule has 1 aromatic carbocycles. The molecule has 1 aliphatic heterocycles. The standard InChI is InChI=1S/C18H12N4O2/c19-9-11-14(13-7-3-4-8-21-13)15-16(24-17(11)20)10-5-1-2-6-12(10)22-18(15)23/h1-8,14H,20H2,(H,22,23)/t14-/m0/s1. The van der Waals surface area contributed by atoms with E-state index in [1.54, 1.807) is 30.5 Å². The van der Waals surface area contributed by atoms with Crippen LogP contribution in [0.25, 0.3) is 10.9 Å². The Bertz CT molecular complexity index is 1080. The van der Waals surface area contributed by atoms with E-state index in [1.165, 1.54) is 0 Å². The van der Waals surface area contributed by atoms with Crippen molar-refractivity contribution in [1.82, 2.24) is 9.97 Å². The van der Waals surface area contributed by atoms with E-state index in [4.69, 9.17) is 10.5 Å². The van der Waals surface area contributed by atoms with Crippen LogP contribution in [0.15, 0.2) is 64.9 Å². The number of nitrogens with two attached hydrogens (primary N) is 1. The van der Waals surface area contributed by atoms with Gasteiger partial charge < -0.3 is 15.5 Å². The minimum Gasteiger partial charge on any atom is -0.439 e. The predicted molar refractivity (Wildman–Crippen MR) is 88.1 cm³/mol. The molecule has 1 aliphatic rings. The Balaban J connectivity index is 2.10. The second-order valence-corrected chi connectivity index (χ2v) is 5.42. The molecule has 3 N–H and O–H groups in total. The Kier molecular flexibility index (Phi) is 3.07. The van der Waals surface area contributed by atoms with E-state index in [0.29, 0.717) is 22.5 Å². The molecule has 0 saturated carbocycles. The molecule has 4 rings (SSSR count). The average Bonchev–Trinajstić information content (AvgIpc) is 2.61. The van der Waals surface area contributed by atoms with Crippen molar-refractivity contribution >= 4 is 10.9 Å². The molecule has 3 heterocycles. The molecule has 3 aromatic rings. The fourth-order valence-corrected chi connectivity index (χ4v) is 3.01. The van der Waals surface area contributed by atoms with E-state index < -0.39 is 5.92 Å². The summed E-state index contributed by atoms with van der Waals surface area (Å²) >= 11 is 0. The van der Waals surface area contributed by atoms with Gasteiger partial charge in [-0.1, -0.05) is 18.2 Å². The molecule has 1 atom stereocenters. The van der Waals surface area contributed by atoms with E-state index >= 15 is 0 Å². The Morgan fingerprint density at radius 2 is 2.00 bits per heavy atom. The number of nitrogens with zero attached hydrogens (tertiary/aromatic N) is 2. The zero-order chi connectivity index (χ0) is 16.7. The quantitative estimate of drug-likeness (QED) is 0.715. The van der Waals surface area contributed by atoms with Gasteiger partial charge in [0.15, 0.2) is 0 Å². The van der Waals surface area contributed by atoms with Crippen molar-refractivity contribution in [1.29, 1.82) is 5.26 Å². The number of nitrogens with one attached hydrogen (secondary N) is 1. The SMILES string of the molecule is N#CC1=C(N)Oc2c(c(=O)[nH]c3ccccc23)[C@@H]1c1ccccn1. The summed E-state index contributed by atoms with van der Waals surface area (Å²) in [7, 11) is 0. The van der Waals surface area contributed by atoms with Crippen LogP contribution >= 0.6 is 0 Å². The lowest BCUT2D eigenvalue weighted by molar-refractivity contribution is 0.396. The fraction of sp³-hybridized carbons (Fsp3) is 0.0556. The number of nitriles is 1. The van der Waals surface area contributed by atoms with Gasteiger partial charge >= 0.3 is 0 Å². The third kappa shape index (κ3) is 1.96. The van der Waals surface area contributed by atoms with Crippen LogP contribution in [-0.4, -0.2) is 9.97 Å². The molecule has 0 amide bonds. The third-order valence-electron chi connectivity index (χ3n) is 4.07. The Labute approximate surface area is 136 Å². The second kappa shape index (κ2) is 5.25. The molecule has 0 fully saturated rings. The van der Waals surface area contributed by atoms with Crippen molar-refractivity contribution in [3.05, 3.63) is 81.7 Å². The highest BCUT2D eigenvalue weighted by atomic mass is 16.5. The van der Waals surface area contributed by atoms with Crippen LogP contribution in [0.4, 0.5) is 0 Å². The summed E-state index contributed by atoms with van der Waals surface area (Å²) in [6, 6.07) is 14.7. The second-order valence-electron chi connectivity index (χ2n) is 5.42. The van der Waals surface area contributed by atoms with Gasteiger partial charge in [0, 0.05) is 11.6 Å². The number of H-pyrrole nitrogens is 1. The van der Waals surface area contributed by atoms with Gasteiger partial charge in [-0.2, -0.15) is 5.26 Å². The number of pyridine rings is 2. The molecular weight excluding hydrogens is 304 g/mol. The maximum atomic E-state index is 12.7. The normalized spacial score (nSPS) is 16.4. The van der Waals surface area contributed by atoms with Crippen molar-refractivity contribution in [3.63, 3.8) is 0 Å². The van der Waals surface area contributed by atoms with Crippen molar-refractivity contribution < 1.29 is 4.74 Å². The lowest BCUT2D eigenvalue weighted by Crippen LogP contribution is -2.28. The molecule has 0 bridgehead atoms. The van der Waals surface area contributed by atoms with Gasteiger partial charge in [0.05, 0.1) is 22.7 Å². The van der Waals surface area contributed by atoms with Gasteiger partial charge in [-0.3, -0.25) is 9.78 Å². The van der Waals surface area contributed by atoms with Crippen LogP contribution in [-0.2, 0) is 0 Å². The van der Waals surface area contributed by atoms with E-state index in [9.17, 15) is 10.1 Å². The fourth-order valence-electron chi connectivity index (χ4n) is 3.01. The van der Waals surface area contributed by atoms with E-state index in [2.05, 4.69) is 16.0 Å². The minimum atomic E-state index is -0.659. The summed E-state index contributed by atoms with van der Waals surface area (Å²) in [6.07, 6.45) is 1.62. The predicted octanol–water partition coefficient (Wildman–Crippen LogP) is 2.14. The number of para-hydroxylation sites is 1. The maximum Gasteiger partial charge on any atom is 0.256 e. The summed E-state index contributed by atoms with van der Waals surface area (Å²) in [5.74, 6) is -0.286. The van der Waals surface area contributed by atoms with Crippen molar-refractivity contribution in [2.45, 2.75) is 5.92 Å². The molecule has 6 nitrogen and oxygen atoms in total. The Morgan fingerprint density at radius 3 is 2.75 bits per heavy atom. The average molecular weight is 316 g/mol. The van der Waals surface area contributed by atoms with Crippen molar-refractivity contribution in [3.8, 4) is 11.8 Å². The first kappa shape index (κ1) is 14.0. The smallest absolute Gasteiger partial charge is 0.256 e. The molecule has 6 heteroatoms. The van der Waals surface area contributed by atoms with Crippen LogP contribution < -0.4 is 16.0 Å². The van der Waals surface area contributed by atoms with E-state index in [0.717, 1.165) is 5.39 Å². The lowest BCUT2D eigenvalue weighted by Gasteiger charge is -2.25. The monoisotopic (exact) mass is 316 g/mol. The number of aromatic nitrogens is 2. The summed E-state index contributed by atoms with van der Waals surface area (Å²) in [6.45, 7) is 0. The van der Waals surface area contributed by atoms with E-state index in [1.807, 2.05) is 18.2 Å². The van der Waals surface area contributed by atoms with Gasteiger partial charge in [-0.05, 0) is 24.3 Å². The zero-order valence-electron chi connectivity index (χ0n) is 12.5. The highest BCUT2D eigenvalue weighted by Gasteiger charge is 2.35. The highest BCUT2D eigenvalue weighted by Crippen LogP contribution is 2.42. The molecule has 0 saturated heterocycles. The Hall–Kier alpha value is -3.59. The number of aromatic amines is 1. The molecule has 0 radical (unpaired) electrons. The molecular formula is C18H12N4O2. The summed E-state index contributed by atoms with van der Waals surface area (Å²) in [4.78, 5) is 19.8. The van der Waals surface area contributed by atoms with Crippen LogP contribution in [0, 0.1) is 11.3 Å². The largest absolute Gasteiger partial charge is 0.439 e. The first-order valence-electron chi connectivity index (χ1n) is 7.34. The van der Waals surface area contributed by atoms with Gasteiger partial charge in [0.25, 0.3) is 5.56 Å². The van der Waals surface area contributed by atoms with Crippen LogP contribution in [0.5, 0.6) is 5.75 Å². The number of benzene rings is 1. The first-order valence-corrected chi connectivity index (χ1v) is 7.34. The van der Waals surface area contributed by atoms with Gasteiger partial charge in [-0.15, -0.1) is 0 Å². The minimum absolute atomic E-state index is 0.00333. The molecule has 0 spiro atoms. The van der Waals surface area contributed by atoms with Crippen molar-refractivity contribution in [2.75, 3.05) is 0 Å². The van der Waals surface area contributed by atoms with E-state index in [-0.39, 0.29) is 17.0 Å². The van der Waals surface area contributed by atoms with Crippen LogP contribution in [0.2, 0.25) is 0 Å². The van der Waals surface area contributed by atoms with Crippen molar-refractivity contribution in [2.24, 2.45) is 5.73 Å². The molecule has 24 heavy (non-hydrogen) atoms. The number of ether oxygens (including phenoxy) is 1. The maximum absolute atomic E-state index is 12.7. The first-order chi connectivity index (χ1) is 11.7. The zero-order valence-corrected chi connectivity index (χ0v) is 12.5. The number of fused-ring (bicyclic) bond motifs is 3. The molecule has 2 aromatic heterocycles. The van der Waals surface area contributed by atoms with Crippen LogP contribution in [0.3, 0.4) is 0 Å². The summed E-state index contributed by atoms with van der Waals surface area (Å²) in [5.41, 5.74) is 7.40. The van der Waals surface area contributed by atoms with Gasteiger partial charge in [0.1, 0.15) is 17.4 Å². The number of allylic oxidation sites excluding steroid dienone is 1. The number of hydrogen-bond acceptors (Lipinski definition) is 5. The lowest BCUT2D eigenvalue weighted by atomic mass is 9.86. The molecule has 116 valence electrons. The highest BCUT2D eigenvalue weighted by molar-refractivity contribution is 5.87.